The molecule has 0 heterocycles. The van der Waals surface area contributed by atoms with Gasteiger partial charge in [0.2, 0.25) is 0 Å². The van der Waals surface area contributed by atoms with E-state index in [1.807, 2.05) is 6.07 Å². The number of carbonyl (C=O) groups is 1. The first-order chi connectivity index (χ1) is 8.73. The number of Topliss-reactive ketones (excluding diaryl/α,β-unsaturated/α-hetero) is 1. The number of ketones is 1. The molecule has 1 aromatic carbocycles. The molecule has 0 radical (unpaired) electrons. The largest absolute Gasteiger partial charge is 0.300 e. The second-order valence-electron chi connectivity index (χ2n) is 6.51. The molecule has 0 fully saturated rings. The molecular weight excluding hydrogens is 248 g/mol. The molecule has 1 aromatic rings. The first-order valence-corrected chi connectivity index (χ1v) is 9.78. The number of hydrogen-bond donors (Lipinski definition) is 0. The van der Waals surface area contributed by atoms with E-state index in [0.29, 0.717) is 6.42 Å². The zero-order valence-electron chi connectivity index (χ0n) is 12.7. The standard InChI is InChI=1S/C17H24OSi/c1-15(18)14-17(2,3)12-9-13-19(4,5)16-10-7-6-8-11-16/h6-8,10-11H,12,14H2,1-5H3. The van der Waals surface area contributed by atoms with Gasteiger partial charge in [-0.3, -0.25) is 0 Å². The van der Waals surface area contributed by atoms with Crippen LogP contribution in [-0.4, -0.2) is 13.9 Å². The molecule has 0 amide bonds. The molecule has 102 valence electrons. The average Bonchev–Trinajstić information content (AvgIpc) is 2.27. The molecule has 0 bridgehead atoms. The van der Waals surface area contributed by atoms with Crippen LogP contribution in [0.2, 0.25) is 13.1 Å². The van der Waals surface area contributed by atoms with Crippen molar-refractivity contribution in [2.45, 2.75) is 46.7 Å². The summed E-state index contributed by atoms with van der Waals surface area (Å²) in [6, 6.07) is 10.5. The monoisotopic (exact) mass is 272 g/mol. The molecule has 19 heavy (non-hydrogen) atoms. The smallest absolute Gasteiger partial charge is 0.162 e. The summed E-state index contributed by atoms with van der Waals surface area (Å²) in [5.74, 6) is 3.57. The van der Waals surface area contributed by atoms with Gasteiger partial charge in [-0.05, 0) is 17.5 Å². The van der Waals surface area contributed by atoms with Crippen LogP contribution in [0.25, 0.3) is 0 Å². The summed E-state index contributed by atoms with van der Waals surface area (Å²) in [5, 5.41) is 1.37. The number of carbonyl (C=O) groups excluding carboxylic acids is 1. The molecule has 2 heteroatoms. The Bertz CT molecular complexity index is 489. The van der Waals surface area contributed by atoms with E-state index in [0.717, 1.165) is 6.42 Å². The zero-order chi connectivity index (χ0) is 14.5. The highest BCUT2D eigenvalue weighted by Crippen LogP contribution is 2.24. The molecule has 0 saturated heterocycles. The van der Waals surface area contributed by atoms with E-state index in [-0.39, 0.29) is 11.2 Å². The van der Waals surface area contributed by atoms with E-state index in [9.17, 15) is 4.79 Å². The van der Waals surface area contributed by atoms with E-state index in [4.69, 9.17) is 0 Å². The predicted molar refractivity (Wildman–Crippen MR) is 85.0 cm³/mol. The molecule has 0 saturated carbocycles. The third-order valence-electron chi connectivity index (χ3n) is 3.19. The van der Waals surface area contributed by atoms with Gasteiger partial charge in [0.25, 0.3) is 0 Å². The van der Waals surface area contributed by atoms with Gasteiger partial charge < -0.3 is 4.79 Å². The van der Waals surface area contributed by atoms with Crippen molar-refractivity contribution < 1.29 is 4.79 Å². The fourth-order valence-corrected chi connectivity index (χ4v) is 3.87. The van der Waals surface area contributed by atoms with Gasteiger partial charge in [-0.25, -0.2) is 0 Å². The maximum Gasteiger partial charge on any atom is 0.162 e. The van der Waals surface area contributed by atoms with E-state index in [1.54, 1.807) is 6.92 Å². The topological polar surface area (TPSA) is 17.1 Å². The lowest BCUT2D eigenvalue weighted by Gasteiger charge is -2.20. The van der Waals surface area contributed by atoms with Crippen molar-refractivity contribution in [2.24, 2.45) is 5.41 Å². The van der Waals surface area contributed by atoms with E-state index >= 15 is 0 Å². The molecule has 0 N–H and O–H groups in total. The molecule has 0 unspecified atom stereocenters. The lowest BCUT2D eigenvalue weighted by Crippen LogP contribution is -2.40. The van der Waals surface area contributed by atoms with Crippen molar-refractivity contribution in [2.75, 3.05) is 0 Å². The lowest BCUT2D eigenvalue weighted by atomic mass is 9.85. The molecule has 0 aliphatic rings. The summed E-state index contributed by atoms with van der Waals surface area (Å²) in [5.41, 5.74) is 3.47. The number of hydrogen-bond acceptors (Lipinski definition) is 1. The summed E-state index contributed by atoms with van der Waals surface area (Å²) in [6.45, 7) is 10.4. The van der Waals surface area contributed by atoms with E-state index < -0.39 is 8.07 Å². The first-order valence-electron chi connectivity index (χ1n) is 6.78. The van der Waals surface area contributed by atoms with Crippen molar-refractivity contribution in [1.29, 1.82) is 0 Å². The maximum absolute atomic E-state index is 11.2. The highest BCUT2D eigenvalue weighted by molar-refractivity contribution is 6.96. The van der Waals surface area contributed by atoms with Crippen LogP contribution in [-0.2, 0) is 4.79 Å². The van der Waals surface area contributed by atoms with Crippen LogP contribution in [0.15, 0.2) is 30.3 Å². The Morgan fingerprint density at radius 2 is 1.79 bits per heavy atom. The van der Waals surface area contributed by atoms with Crippen LogP contribution < -0.4 is 5.19 Å². The fraction of sp³-hybridized carbons (Fsp3) is 0.471. The second-order valence-corrected chi connectivity index (χ2v) is 10.6. The Morgan fingerprint density at radius 3 is 2.32 bits per heavy atom. The molecule has 0 atom stereocenters. The first kappa shape index (κ1) is 15.7. The van der Waals surface area contributed by atoms with Crippen molar-refractivity contribution >= 4 is 19.0 Å². The summed E-state index contributed by atoms with van der Waals surface area (Å²) >= 11 is 0. The summed E-state index contributed by atoms with van der Waals surface area (Å²) in [6.07, 6.45) is 1.39. The SMILES string of the molecule is CC(=O)CC(C)(C)CC#C[Si](C)(C)c1ccccc1. The summed E-state index contributed by atoms with van der Waals surface area (Å²) < 4.78 is 0. The van der Waals surface area contributed by atoms with Crippen molar-refractivity contribution in [3.8, 4) is 11.5 Å². The van der Waals surface area contributed by atoms with Crippen LogP contribution in [0.5, 0.6) is 0 Å². The molecule has 0 aromatic heterocycles. The van der Waals surface area contributed by atoms with Gasteiger partial charge in [0, 0.05) is 12.8 Å². The fourth-order valence-electron chi connectivity index (χ4n) is 2.17. The lowest BCUT2D eigenvalue weighted by molar-refractivity contribution is -0.118. The van der Waals surface area contributed by atoms with Gasteiger partial charge in [0.1, 0.15) is 5.78 Å². The Balaban J connectivity index is 2.75. The predicted octanol–water partition coefficient (Wildman–Crippen LogP) is 3.54. The summed E-state index contributed by atoms with van der Waals surface area (Å²) in [4.78, 5) is 11.2. The van der Waals surface area contributed by atoms with E-state index in [1.165, 1.54) is 5.19 Å². The quantitative estimate of drug-likeness (QED) is 0.605. The van der Waals surface area contributed by atoms with Crippen LogP contribution >= 0.6 is 0 Å². The Kier molecular flexibility index (Phi) is 5.14. The minimum absolute atomic E-state index is 0.0139. The molecule has 0 aliphatic heterocycles. The zero-order valence-corrected chi connectivity index (χ0v) is 13.7. The third kappa shape index (κ3) is 5.44. The highest BCUT2D eigenvalue weighted by Gasteiger charge is 2.22. The minimum Gasteiger partial charge on any atom is -0.300 e. The minimum atomic E-state index is -1.67. The van der Waals surface area contributed by atoms with Gasteiger partial charge >= 0.3 is 0 Å². The van der Waals surface area contributed by atoms with Crippen LogP contribution in [0, 0.1) is 16.9 Å². The van der Waals surface area contributed by atoms with Gasteiger partial charge in [-0.1, -0.05) is 57.3 Å². The van der Waals surface area contributed by atoms with Crippen molar-refractivity contribution in [1.82, 2.24) is 0 Å². The number of benzene rings is 1. The number of rotatable bonds is 4. The Labute approximate surface area is 118 Å². The molecular formula is C17H24OSi. The van der Waals surface area contributed by atoms with Gasteiger partial charge in [-0.2, -0.15) is 0 Å². The van der Waals surface area contributed by atoms with Crippen molar-refractivity contribution in [3.05, 3.63) is 30.3 Å². The second kappa shape index (κ2) is 6.21. The third-order valence-corrected chi connectivity index (χ3v) is 5.77. The van der Waals surface area contributed by atoms with Gasteiger partial charge in [0.05, 0.1) is 0 Å². The van der Waals surface area contributed by atoms with Gasteiger partial charge in [-0.15, -0.1) is 11.5 Å². The molecule has 0 aliphatic carbocycles. The normalized spacial score (nSPS) is 11.6. The Morgan fingerprint density at radius 1 is 1.21 bits per heavy atom. The van der Waals surface area contributed by atoms with Crippen LogP contribution in [0.3, 0.4) is 0 Å². The highest BCUT2D eigenvalue weighted by atomic mass is 28.3. The molecule has 1 nitrogen and oxygen atoms in total. The Hall–Kier alpha value is -1.33. The van der Waals surface area contributed by atoms with Crippen LogP contribution in [0.4, 0.5) is 0 Å². The summed E-state index contributed by atoms with van der Waals surface area (Å²) in [7, 11) is -1.67. The van der Waals surface area contributed by atoms with E-state index in [2.05, 4.69) is 62.7 Å². The van der Waals surface area contributed by atoms with Gasteiger partial charge in [0.15, 0.2) is 8.07 Å². The molecule has 0 spiro atoms. The molecule has 1 rings (SSSR count). The van der Waals surface area contributed by atoms with Crippen molar-refractivity contribution in [3.63, 3.8) is 0 Å². The van der Waals surface area contributed by atoms with Crippen LogP contribution in [0.1, 0.15) is 33.6 Å². The maximum atomic E-state index is 11.2. The average molecular weight is 272 g/mol.